The lowest BCUT2D eigenvalue weighted by Gasteiger charge is -2.10. The van der Waals surface area contributed by atoms with E-state index in [1.54, 1.807) is 11.8 Å². The standard InChI is InChI=1S/C16H20N2S/c1-4-17-11-14-7-5-6-8-15(14)19-16-10-12(2)9-13(3)18-16/h5-10,17H,4,11H2,1-3H3. The van der Waals surface area contributed by atoms with E-state index in [1.165, 1.54) is 16.0 Å². The molecular weight excluding hydrogens is 252 g/mol. The number of aromatic nitrogens is 1. The third-order valence-corrected chi connectivity index (χ3v) is 3.86. The van der Waals surface area contributed by atoms with Crippen LogP contribution in [0.2, 0.25) is 0 Å². The Kier molecular flexibility index (Phi) is 5.00. The first-order valence-corrected chi connectivity index (χ1v) is 7.42. The van der Waals surface area contributed by atoms with Crippen molar-refractivity contribution in [1.29, 1.82) is 0 Å². The number of aryl methyl sites for hydroxylation is 2. The SMILES string of the molecule is CCNCc1ccccc1Sc1cc(C)cc(C)n1. The van der Waals surface area contributed by atoms with Crippen LogP contribution in [0.1, 0.15) is 23.7 Å². The number of nitrogens with one attached hydrogen (secondary N) is 1. The highest BCUT2D eigenvalue weighted by Crippen LogP contribution is 2.29. The lowest BCUT2D eigenvalue weighted by Crippen LogP contribution is -2.12. The molecule has 1 N–H and O–H groups in total. The molecular formula is C16H20N2S. The molecule has 0 bridgehead atoms. The van der Waals surface area contributed by atoms with Crippen molar-refractivity contribution in [2.45, 2.75) is 37.2 Å². The van der Waals surface area contributed by atoms with Gasteiger partial charge in [0.15, 0.2) is 0 Å². The average molecular weight is 272 g/mol. The molecule has 2 nitrogen and oxygen atoms in total. The molecule has 2 aromatic rings. The fraction of sp³-hybridized carbons (Fsp3) is 0.312. The van der Waals surface area contributed by atoms with Gasteiger partial charge in [0.2, 0.25) is 0 Å². The van der Waals surface area contributed by atoms with Gasteiger partial charge in [-0.15, -0.1) is 0 Å². The van der Waals surface area contributed by atoms with Crippen LogP contribution in [0.4, 0.5) is 0 Å². The van der Waals surface area contributed by atoms with Crippen LogP contribution in [0, 0.1) is 13.8 Å². The molecule has 0 amide bonds. The summed E-state index contributed by atoms with van der Waals surface area (Å²) in [4.78, 5) is 5.87. The summed E-state index contributed by atoms with van der Waals surface area (Å²) in [6.07, 6.45) is 0. The van der Waals surface area contributed by atoms with Gasteiger partial charge < -0.3 is 5.32 Å². The molecule has 0 saturated heterocycles. The molecule has 0 fully saturated rings. The molecule has 1 heterocycles. The van der Waals surface area contributed by atoms with Crippen LogP contribution in [0.3, 0.4) is 0 Å². The van der Waals surface area contributed by atoms with E-state index < -0.39 is 0 Å². The number of pyridine rings is 1. The van der Waals surface area contributed by atoms with Gasteiger partial charge in [-0.1, -0.05) is 36.9 Å². The zero-order valence-corrected chi connectivity index (χ0v) is 12.6. The fourth-order valence-electron chi connectivity index (χ4n) is 1.98. The highest BCUT2D eigenvalue weighted by Gasteiger charge is 2.05. The Morgan fingerprint density at radius 2 is 1.95 bits per heavy atom. The number of rotatable bonds is 5. The van der Waals surface area contributed by atoms with Gasteiger partial charge in [-0.2, -0.15) is 0 Å². The second kappa shape index (κ2) is 6.73. The van der Waals surface area contributed by atoms with E-state index in [0.717, 1.165) is 23.8 Å². The first-order chi connectivity index (χ1) is 9.19. The van der Waals surface area contributed by atoms with Crippen LogP contribution in [-0.4, -0.2) is 11.5 Å². The molecule has 0 aliphatic rings. The third kappa shape index (κ3) is 4.08. The van der Waals surface area contributed by atoms with Crippen LogP contribution in [-0.2, 0) is 6.54 Å². The quantitative estimate of drug-likeness (QED) is 0.892. The van der Waals surface area contributed by atoms with Crippen molar-refractivity contribution in [2.24, 2.45) is 0 Å². The smallest absolute Gasteiger partial charge is 0.101 e. The molecule has 1 aromatic heterocycles. The van der Waals surface area contributed by atoms with Crippen LogP contribution in [0.25, 0.3) is 0 Å². The molecule has 0 aliphatic carbocycles. The molecule has 0 radical (unpaired) electrons. The normalized spacial score (nSPS) is 10.7. The molecule has 0 saturated carbocycles. The zero-order valence-electron chi connectivity index (χ0n) is 11.7. The van der Waals surface area contributed by atoms with Crippen LogP contribution < -0.4 is 5.32 Å². The van der Waals surface area contributed by atoms with Gasteiger partial charge in [0.05, 0.1) is 0 Å². The maximum absolute atomic E-state index is 4.59. The Bertz CT molecular complexity index is 532. The van der Waals surface area contributed by atoms with Gasteiger partial charge in [-0.25, -0.2) is 4.98 Å². The first-order valence-electron chi connectivity index (χ1n) is 6.61. The van der Waals surface area contributed by atoms with Crippen LogP contribution in [0.15, 0.2) is 46.3 Å². The second-order valence-corrected chi connectivity index (χ2v) is 5.68. The van der Waals surface area contributed by atoms with E-state index in [2.05, 4.69) is 60.5 Å². The minimum absolute atomic E-state index is 0.907. The fourth-order valence-corrected chi connectivity index (χ4v) is 3.06. The van der Waals surface area contributed by atoms with Gasteiger partial charge in [0, 0.05) is 17.1 Å². The highest BCUT2D eigenvalue weighted by atomic mass is 32.2. The number of benzene rings is 1. The molecule has 19 heavy (non-hydrogen) atoms. The van der Waals surface area contributed by atoms with Gasteiger partial charge in [-0.05, 0) is 49.7 Å². The summed E-state index contributed by atoms with van der Waals surface area (Å²) in [5.41, 5.74) is 3.67. The topological polar surface area (TPSA) is 24.9 Å². The molecule has 0 spiro atoms. The average Bonchev–Trinajstić information content (AvgIpc) is 2.36. The summed E-state index contributed by atoms with van der Waals surface area (Å²) in [6, 6.07) is 12.8. The number of hydrogen-bond acceptors (Lipinski definition) is 3. The Morgan fingerprint density at radius 3 is 2.68 bits per heavy atom. The Morgan fingerprint density at radius 1 is 1.16 bits per heavy atom. The Hall–Kier alpha value is -1.32. The van der Waals surface area contributed by atoms with Gasteiger partial charge in [0.25, 0.3) is 0 Å². The molecule has 0 unspecified atom stereocenters. The van der Waals surface area contributed by atoms with E-state index in [9.17, 15) is 0 Å². The van der Waals surface area contributed by atoms with Crippen molar-refractivity contribution in [1.82, 2.24) is 10.3 Å². The summed E-state index contributed by atoms with van der Waals surface area (Å²) in [7, 11) is 0. The van der Waals surface area contributed by atoms with Crippen molar-refractivity contribution < 1.29 is 0 Å². The van der Waals surface area contributed by atoms with E-state index in [1.807, 2.05) is 6.92 Å². The largest absolute Gasteiger partial charge is 0.313 e. The van der Waals surface area contributed by atoms with E-state index in [4.69, 9.17) is 0 Å². The van der Waals surface area contributed by atoms with Crippen LogP contribution >= 0.6 is 11.8 Å². The van der Waals surface area contributed by atoms with Gasteiger partial charge in [0.1, 0.15) is 5.03 Å². The molecule has 2 rings (SSSR count). The Balaban J connectivity index is 2.22. The first kappa shape index (κ1) is 14.1. The lowest BCUT2D eigenvalue weighted by molar-refractivity contribution is 0.718. The summed E-state index contributed by atoms with van der Waals surface area (Å²) < 4.78 is 0. The zero-order chi connectivity index (χ0) is 13.7. The third-order valence-electron chi connectivity index (χ3n) is 2.83. The summed E-state index contributed by atoms with van der Waals surface area (Å²) in [5.74, 6) is 0. The highest BCUT2D eigenvalue weighted by molar-refractivity contribution is 7.99. The molecule has 1 aromatic carbocycles. The maximum atomic E-state index is 4.59. The minimum atomic E-state index is 0.907. The molecule has 0 aliphatic heterocycles. The molecule has 0 atom stereocenters. The van der Waals surface area contributed by atoms with E-state index in [0.29, 0.717) is 0 Å². The molecule has 3 heteroatoms. The Labute approximate surface area is 119 Å². The lowest BCUT2D eigenvalue weighted by atomic mass is 10.2. The predicted octanol–water partition coefficient (Wildman–Crippen LogP) is 3.96. The van der Waals surface area contributed by atoms with Gasteiger partial charge >= 0.3 is 0 Å². The molecule has 100 valence electrons. The number of hydrogen-bond donors (Lipinski definition) is 1. The summed E-state index contributed by atoms with van der Waals surface area (Å²) in [5, 5.41) is 4.45. The van der Waals surface area contributed by atoms with Crippen molar-refractivity contribution in [2.75, 3.05) is 6.54 Å². The van der Waals surface area contributed by atoms with Crippen molar-refractivity contribution >= 4 is 11.8 Å². The van der Waals surface area contributed by atoms with E-state index in [-0.39, 0.29) is 0 Å². The predicted molar refractivity (Wildman–Crippen MR) is 81.7 cm³/mol. The van der Waals surface area contributed by atoms with Crippen LogP contribution in [0.5, 0.6) is 0 Å². The minimum Gasteiger partial charge on any atom is -0.313 e. The van der Waals surface area contributed by atoms with Crippen molar-refractivity contribution in [3.63, 3.8) is 0 Å². The number of nitrogens with zero attached hydrogens (tertiary/aromatic N) is 1. The maximum Gasteiger partial charge on any atom is 0.101 e. The van der Waals surface area contributed by atoms with Crippen molar-refractivity contribution in [3.05, 3.63) is 53.2 Å². The van der Waals surface area contributed by atoms with Crippen molar-refractivity contribution in [3.8, 4) is 0 Å². The summed E-state index contributed by atoms with van der Waals surface area (Å²) >= 11 is 1.74. The monoisotopic (exact) mass is 272 g/mol. The van der Waals surface area contributed by atoms with E-state index >= 15 is 0 Å². The summed E-state index contributed by atoms with van der Waals surface area (Å²) in [6.45, 7) is 8.18. The second-order valence-electron chi connectivity index (χ2n) is 4.61. The van der Waals surface area contributed by atoms with Gasteiger partial charge in [-0.3, -0.25) is 0 Å².